The summed E-state index contributed by atoms with van der Waals surface area (Å²) in [7, 11) is 0. The van der Waals surface area contributed by atoms with Gasteiger partial charge in [0, 0.05) is 17.9 Å². The van der Waals surface area contributed by atoms with Crippen LogP contribution in [0.1, 0.15) is 68.9 Å². The molecule has 3 rings (SSSR count). The van der Waals surface area contributed by atoms with E-state index in [-0.39, 0.29) is 12.6 Å². The second kappa shape index (κ2) is 6.52. The maximum absolute atomic E-state index is 5.92. The molecule has 5 heteroatoms. The fraction of sp³-hybridized carbons (Fsp3) is 0.800. The number of nitrogens with zero attached hydrogens (tertiary/aromatic N) is 1. The average Bonchev–Trinajstić information content (AvgIpc) is 3.04. The first-order valence-corrected chi connectivity index (χ1v) is 8.52. The fourth-order valence-corrected chi connectivity index (χ4v) is 3.77. The second-order valence-electron chi connectivity index (χ2n) is 5.64. The van der Waals surface area contributed by atoms with Gasteiger partial charge in [-0.2, -0.15) is 0 Å². The summed E-state index contributed by atoms with van der Waals surface area (Å²) < 4.78 is 16.9. The molecule has 0 unspecified atom stereocenters. The normalized spacial score (nSPS) is 33.3. The zero-order valence-corrected chi connectivity index (χ0v) is 13.0. The molecule has 2 heterocycles. The largest absolute Gasteiger partial charge is 0.378 e. The lowest BCUT2D eigenvalue weighted by Gasteiger charge is -2.32. The van der Waals surface area contributed by atoms with Crippen LogP contribution in [0.5, 0.6) is 0 Å². The van der Waals surface area contributed by atoms with Crippen LogP contribution >= 0.6 is 11.3 Å². The molecule has 20 heavy (non-hydrogen) atoms. The second-order valence-corrected chi connectivity index (χ2v) is 6.53. The van der Waals surface area contributed by atoms with Gasteiger partial charge in [0.1, 0.15) is 5.69 Å². The third-order valence-electron chi connectivity index (χ3n) is 4.00. The number of hydrogen-bond acceptors (Lipinski definition) is 5. The van der Waals surface area contributed by atoms with Crippen molar-refractivity contribution in [2.45, 2.75) is 70.6 Å². The molecule has 0 N–H and O–H groups in total. The summed E-state index contributed by atoms with van der Waals surface area (Å²) in [5.41, 5.74) is 0.929. The van der Waals surface area contributed by atoms with E-state index in [9.17, 15) is 0 Å². The maximum Gasteiger partial charge on any atom is 0.207 e. The van der Waals surface area contributed by atoms with E-state index in [1.807, 2.05) is 6.92 Å². The van der Waals surface area contributed by atoms with E-state index in [1.54, 1.807) is 11.3 Å². The van der Waals surface area contributed by atoms with Crippen molar-refractivity contribution in [2.24, 2.45) is 0 Å². The molecule has 1 aliphatic heterocycles. The lowest BCUT2D eigenvalue weighted by atomic mass is 10.1. The van der Waals surface area contributed by atoms with Gasteiger partial charge in [-0.25, -0.2) is 4.98 Å². The van der Waals surface area contributed by atoms with Gasteiger partial charge in [-0.3, -0.25) is 0 Å². The molecule has 1 saturated carbocycles. The molecule has 2 atom stereocenters. The van der Waals surface area contributed by atoms with Crippen LogP contribution in [0.4, 0.5) is 0 Å². The Labute approximate surface area is 124 Å². The van der Waals surface area contributed by atoms with Crippen LogP contribution in [0.2, 0.25) is 0 Å². The van der Waals surface area contributed by atoms with Gasteiger partial charge in [0.05, 0.1) is 11.1 Å². The van der Waals surface area contributed by atoms with Gasteiger partial charge in [0.15, 0.2) is 6.29 Å². The Hall–Kier alpha value is -0.490. The van der Waals surface area contributed by atoms with Crippen molar-refractivity contribution in [3.05, 3.63) is 16.1 Å². The van der Waals surface area contributed by atoms with Crippen molar-refractivity contribution in [1.29, 1.82) is 0 Å². The van der Waals surface area contributed by atoms with Gasteiger partial charge in [-0.1, -0.05) is 13.3 Å². The summed E-state index contributed by atoms with van der Waals surface area (Å²) in [5, 5.41) is 3.28. The summed E-state index contributed by atoms with van der Waals surface area (Å²) >= 11 is 1.73. The molecule has 0 bridgehead atoms. The van der Waals surface area contributed by atoms with E-state index in [0.29, 0.717) is 12.0 Å². The topological polar surface area (TPSA) is 40.6 Å². The summed E-state index contributed by atoms with van der Waals surface area (Å²) in [6.07, 6.45) is 5.92. The maximum atomic E-state index is 5.92. The number of aromatic nitrogens is 1. The minimum absolute atomic E-state index is 0.0898. The molecule has 112 valence electrons. The first-order valence-electron chi connectivity index (χ1n) is 7.64. The molecule has 0 spiro atoms. The SMILES string of the molecule is CCCCO[C@H]1CC[C@H](c2nc(C3OC(C)O3)cs2)C1. The predicted molar refractivity (Wildman–Crippen MR) is 77.7 cm³/mol. The van der Waals surface area contributed by atoms with Gasteiger partial charge in [-0.05, 0) is 32.6 Å². The number of ether oxygens (including phenoxy) is 3. The zero-order valence-electron chi connectivity index (χ0n) is 12.2. The number of hydrogen-bond donors (Lipinski definition) is 0. The number of thiazole rings is 1. The summed E-state index contributed by atoms with van der Waals surface area (Å²) in [4.78, 5) is 4.69. The molecule has 0 radical (unpaired) electrons. The molecule has 1 aromatic heterocycles. The third kappa shape index (κ3) is 3.22. The third-order valence-corrected chi connectivity index (χ3v) is 5.02. The Balaban J connectivity index is 1.50. The molecule has 1 saturated heterocycles. The minimum atomic E-state index is -0.243. The van der Waals surface area contributed by atoms with Crippen molar-refractivity contribution in [3.8, 4) is 0 Å². The van der Waals surface area contributed by atoms with Crippen LogP contribution < -0.4 is 0 Å². The summed E-state index contributed by atoms with van der Waals surface area (Å²) in [5.74, 6) is 0.554. The van der Waals surface area contributed by atoms with Crippen LogP contribution in [0.25, 0.3) is 0 Å². The Morgan fingerprint density at radius 1 is 1.40 bits per heavy atom. The first kappa shape index (κ1) is 14.4. The summed E-state index contributed by atoms with van der Waals surface area (Å²) in [6, 6.07) is 0. The Kier molecular flexibility index (Phi) is 4.71. The van der Waals surface area contributed by atoms with Crippen molar-refractivity contribution < 1.29 is 14.2 Å². The molecule has 2 fully saturated rings. The van der Waals surface area contributed by atoms with E-state index < -0.39 is 0 Å². The lowest BCUT2D eigenvalue weighted by Crippen LogP contribution is -2.31. The predicted octanol–water partition coefficient (Wildman–Crippen LogP) is 3.99. The lowest BCUT2D eigenvalue weighted by molar-refractivity contribution is -0.383. The molecular formula is C15H23NO3S. The molecular weight excluding hydrogens is 274 g/mol. The minimum Gasteiger partial charge on any atom is -0.378 e. The molecule has 0 amide bonds. The Bertz CT molecular complexity index is 431. The van der Waals surface area contributed by atoms with Crippen LogP contribution in [0, 0.1) is 0 Å². The van der Waals surface area contributed by atoms with E-state index in [1.165, 1.54) is 17.8 Å². The van der Waals surface area contributed by atoms with Crippen LogP contribution in [-0.2, 0) is 14.2 Å². The average molecular weight is 297 g/mol. The Morgan fingerprint density at radius 2 is 2.25 bits per heavy atom. The van der Waals surface area contributed by atoms with Crippen LogP contribution in [0.15, 0.2) is 5.38 Å². The van der Waals surface area contributed by atoms with Gasteiger partial charge < -0.3 is 14.2 Å². The smallest absolute Gasteiger partial charge is 0.207 e. The molecule has 0 aromatic carbocycles. The zero-order chi connectivity index (χ0) is 13.9. The number of rotatable bonds is 6. The highest BCUT2D eigenvalue weighted by Gasteiger charge is 2.33. The molecule has 2 aliphatic rings. The molecule has 1 aromatic rings. The molecule has 4 nitrogen and oxygen atoms in total. The monoisotopic (exact) mass is 297 g/mol. The van der Waals surface area contributed by atoms with Gasteiger partial charge in [-0.15, -0.1) is 11.3 Å². The highest BCUT2D eigenvalue weighted by Crippen LogP contribution is 2.39. The molecule has 1 aliphatic carbocycles. The van der Waals surface area contributed by atoms with E-state index in [4.69, 9.17) is 19.2 Å². The van der Waals surface area contributed by atoms with E-state index >= 15 is 0 Å². The summed E-state index contributed by atoms with van der Waals surface area (Å²) in [6.45, 7) is 5.00. The van der Waals surface area contributed by atoms with Crippen LogP contribution in [0.3, 0.4) is 0 Å². The van der Waals surface area contributed by atoms with Crippen molar-refractivity contribution >= 4 is 11.3 Å². The highest BCUT2D eigenvalue weighted by atomic mass is 32.1. The van der Waals surface area contributed by atoms with Crippen LogP contribution in [-0.4, -0.2) is 24.0 Å². The van der Waals surface area contributed by atoms with E-state index in [0.717, 1.165) is 31.6 Å². The Morgan fingerprint density at radius 3 is 3.00 bits per heavy atom. The van der Waals surface area contributed by atoms with Crippen molar-refractivity contribution in [3.63, 3.8) is 0 Å². The first-order chi connectivity index (χ1) is 9.76. The van der Waals surface area contributed by atoms with Gasteiger partial charge in [0.25, 0.3) is 0 Å². The number of unbranched alkanes of at least 4 members (excludes halogenated alkanes) is 1. The van der Waals surface area contributed by atoms with Gasteiger partial charge in [0.2, 0.25) is 6.29 Å². The van der Waals surface area contributed by atoms with Gasteiger partial charge >= 0.3 is 0 Å². The van der Waals surface area contributed by atoms with Crippen molar-refractivity contribution in [1.82, 2.24) is 4.98 Å². The quantitative estimate of drug-likeness (QED) is 0.744. The standard InChI is InChI=1S/C15H23NO3S/c1-3-4-7-17-12-6-5-11(8-12)14-16-13(9-20-14)15-18-10(2)19-15/h9-12,15H,3-8H2,1-2H3/t10?,11-,12-,15?/m0/s1. The fourth-order valence-electron chi connectivity index (χ4n) is 2.80. The van der Waals surface area contributed by atoms with Crippen molar-refractivity contribution in [2.75, 3.05) is 6.61 Å². The highest BCUT2D eigenvalue weighted by molar-refractivity contribution is 7.09. The van der Waals surface area contributed by atoms with E-state index in [2.05, 4.69) is 12.3 Å².